The van der Waals surface area contributed by atoms with Crippen LogP contribution in [-0.2, 0) is 19.2 Å². The van der Waals surface area contributed by atoms with Crippen LogP contribution >= 0.6 is 23.1 Å². The number of hydrogen-bond acceptors (Lipinski definition) is 9. The largest absolute Gasteiger partial charge is 0.477 e. The number of carbonyl (C=O) groups excluding carboxylic acids is 2. The van der Waals surface area contributed by atoms with Gasteiger partial charge in [0.15, 0.2) is 10.8 Å². The maximum Gasteiger partial charge on any atom is 0.352 e. The average molecular weight is 406 g/mol. The van der Waals surface area contributed by atoms with Gasteiger partial charge in [-0.2, -0.15) is 0 Å². The van der Waals surface area contributed by atoms with Crippen LogP contribution < -0.4 is 11.1 Å². The molecule has 2 amide bonds. The molecule has 10 nitrogen and oxygen atoms in total. The molecule has 4 N–H and O–H groups in total. The molecule has 0 unspecified atom stereocenters. The van der Waals surface area contributed by atoms with Crippen LogP contribution in [0.4, 0.5) is 5.13 Å². The third kappa shape index (κ3) is 3.74. The molecule has 2 aliphatic heterocycles. The molecule has 3 rings (SSSR count). The van der Waals surface area contributed by atoms with E-state index in [9.17, 15) is 14.4 Å². The monoisotopic (exact) mass is 406 g/mol. The Morgan fingerprint density at radius 1 is 1.54 bits per heavy atom. The summed E-state index contributed by atoms with van der Waals surface area (Å²) in [5.41, 5.74) is 5.60. The summed E-state index contributed by atoms with van der Waals surface area (Å²) >= 11 is 2.49. The molecule has 133 valence electrons. The Labute approximate surface area is 178 Å². The summed E-state index contributed by atoms with van der Waals surface area (Å²) in [6.07, 6.45) is 1.47. The van der Waals surface area contributed by atoms with Crippen molar-refractivity contribution >= 4 is 81.3 Å². The second-order valence-electron chi connectivity index (χ2n) is 4.97. The van der Waals surface area contributed by atoms with Gasteiger partial charge in [0, 0.05) is 40.7 Å². The van der Waals surface area contributed by atoms with Crippen molar-refractivity contribution in [2.45, 2.75) is 11.4 Å². The zero-order chi connectivity index (χ0) is 18.1. The first-order valence-corrected chi connectivity index (χ1v) is 8.88. The number of nitrogen functional groups attached to an aromatic ring is 1. The maximum absolute atomic E-state index is 12.5. The molecule has 1 aromatic rings. The van der Waals surface area contributed by atoms with Crippen LogP contribution in [0.2, 0.25) is 0 Å². The van der Waals surface area contributed by atoms with E-state index in [1.54, 1.807) is 5.38 Å². The summed E-state index contributed by atoms with van der Waals surface area (Å²) in [7, 11) is 1.28. The Bertz CT molecular complexity index is 811. The van der Waals surface area contributed by atoms with Crippen LogP contribution in [-0.4, -0.2) is 92.3 Å². The standard InChI is InChI=1S/C13H13N5O5S2.Na/c1-23-17-7(5-4-25-13(14)15-5)9(19)16-8-10(20)18-6(12(21)22)2-3-24-11(8)18;/h2,4,8,11H,3H2,1H3,(H2,14,15)(H,16,19)(H,21,22);/t8-,11-;/m1./s1. The Morgan fingerprint density at radius 3 is 2.85 bits per heavy atom. The molecule has 1 fully saturated rings. The molecule has 1 radical (unpaired) electrons. The SMILES string of the molecule is CON=C(C(=O)N[C@@H]1C(=O)N2C(C(=O)O)=CCS[C@H]12)c1csc(N)n1.[Na]. The van der Waals surface area contributed by atoms with Crippen molar-refractivity contribution in [3.05, 3.63) is 22.8 Å². The molecular weight excluding hydrogens is 393 g/mol. The number of fused-ring (bicyclic) bond motifs is 1. The number of carboxylic acid groups (broad SMARTS) is 1. The zero-order valence-electron chi connectivity index (χ0n) is 13.8. The predicted octanol–water partition coefficient (Wildman–Crippen LogP) is -0.937. The number of aromatic nitrogens is 1. The topological polar surface area (TPSA) is 147 Å². The molecule has 13 heteroatoms. The third-order valence-corrected chi connectivity index (χ3v) is 5.37. The predicted molar refractivity (Wildman–Crippen MR) is 96.6 cm³/mol. The molecule has 3 heterocycles. The van der Waals surface area contributed by atoms with Gasteiger partial charge in [-0.1, -0.05) is 5.16 Å². The summed E-state index contributed by atoms with van der Waals surface area (Å²) in [4.78, 5) is 45.7. The van der Waals surface area contributed by atoms with Gasteiger partial charge in [-0.05, 0) is 6.08 Å². The van der Waals surface area contributed by atoms with E-state index in [0.29, 0.717) is 5.75 Å². The van der Waals surface area contributed by atoms with E-state index < -0.39 is 29.2 Å². The minimum atomic E-state index is -1.18. The van der Waals surface area contributed by atoms with Gasteiger partial charge in [0.1, 0.15) is 29.9 Å². The summed E-state index contributed by atoms with van der Waals surface area (Å²) in [5.74, 6) is -1.89. The van der Waals surface area contributed by atoms with Crippen molar-refractivity contribution in [3.8, 4) is 0 Å². The van der Waals surface area contributed by atoms with E-state index in [1.165, 1.54) is 24.9 Å². The van der Waals surface area contributed by atoms with Gasteiger partial charge < -0.3 is 21.0 Å². The van der Waals surface area contributed by atoms with Crippen LogP contribution in [0, 0.1) is 0 Å². The third-order valence-electron chi connectivity index (χ3n) is 3.51. The average Bonchev–Trinajstić information content (AvgIpc) is 3.02. The summed E-state index contributed by atoms with van der Waals surface area (Å²) in [6.45, 7) is 0. The number of carboxylic acids is 1. The molecule has 1 saturated heterocycles. The Morgan fingerprint density at radius 2 is 2.27 bits per heavy atom. The Balaban J connectivity index is 0.00000243. The zero-order valence-corrected chi connectivity index (χ0v) is 17.5. The van der Waals surface area contributed by atoms with E-state index in [4.69, 9.17) is 10.8 Å². The Kier molecular flexibility index (Phi) is 6.69. The number of nitrogens with zero attached hydrogens (tertiary/aromatic N) is 3. The molecule has 0 aromatic carbocycles. The first-order valence-electron chi connectivity index (χ1n) is 6.95. The van der Waals surface area contributed by atoms with Crippen LogP contribution in [0.3, 0.4) is 0 Å². The number of nitrogens with two attached hydrogens (primary N) is 1. The van der Waals surface area contributed by atoms with E-state index >= 15 is 0 Å². The molecule has 0 saturated carbocycles. The van der Waals surface area contributed by atoms with Crippen molar-refractivity contribution in [1.82, 2.24) is 15.2 Å². The number of amides is 2. The van der Waals surface area contributed by atoms with Crippen molar-refractivity contribution < 1.29 is 24.3 Å². The van der Waals surface area contributed by atoms with E-state index in [1.807, 2.05) is 0 Å². The number of thiazole rings is 1. The molecule has 0 aliphatic carbocycles. The smallest absolute Gasteiger partial charge is 0.352 e. The van der Waals surface area contributed by atoms with E-state index in [2.05, 4.69) is 20.3 Å². The fourth-order valence-electron chi connectivity index (χ4n) is 2.44. The van der Waals surface area contributed by atoms with Gasteiger partial charge >= 0.3 is 5.97 Å². The van der Waals surface area contributed by atoms with Crippen LogP contribution in [0.15, 0.2) is 22.3 Å². The normalized spacial score (nSPS) is 21.7. The number of hydrogen-bond donors (Lipinski definition) is 3. The van der Waals surface area contributed by atoms with Gasteiger partial charge in [-0.3, -0.25) is 14.5 Å². The van der Waals surface area contributed by atoms with Gasteiger partial charge in [0.2, 0.25) is 0 Å². The second kappa shape index (κ2) is 8.39. The number of β-lactam (4-membered cyclic amide) rings is 1. The van der Waals surface area contributed by atoms with Gasteiger partial charge in [-0.25, -0.2) is 9.78 Å². The van der Waals surface area contributed by atoms with Crippen LogP contribution in [0.5, 0.6) is 0 Å². The van der Waals surface area contributed by atoms with Crippen molar-refractivity contribution in [3.63, 3.8) is 0 Å². The number of carbonyl (C=O) groups is 3. The van der Waals surface area contributed by atoms with E-state index in [-0.39, 0.29) is 51.8 Å². The molecule has 0 spiro atoms. The first-order chi connectivity index (χ1) is 11.9. The number of oxime groups is 1. The van der Waals surface area contributed by atoms with Gasteiger partial charge in [-0.15, -0.1) is 23.1 Å². The minimum absolute atomic E-state index is 0. The fraction of sp³-hybridized carbons (Fsp3) is 0.308. The van der Waals surface area contributed by atoms with Crippen LogP contribution in [0.25, 0.3) is 0 Å². The number of rotatable bonds is 5. The molecule has 2 aliphatic rings. The molecule has 1 aromatic heterocycles. The number of aliphatic carboxylic acids is 1. The van der Waals surface area contributed by atoms with Crippen molar-refractivity contribution in [2.24, 2.45) is 5.16 Å². The number of thioether (sulfide) groups is 1. The summed E-state index contributed by atoms with van der Waals surface area (Å²) in [5, 5.41) is 16.7. The molecule has 0 bridgehead atoms. The van der Waals surface area contributed by atoms with Gasteiger partial charge in [0.05, 0.1) is 0 Å². The summed E-state index contributed by atoms with van der Waals surface area (Å²) in [6, 6.07) is -0.849. The minimum Gasteiger partial charge on any atom is -0.477 e. The fourth-order valence-corrected chi connectivity index (χ4v) is 4.18. The number of nitrogens with one attached hydrogen (secondary N) is 1. The van der Waals surface area contributed by atoms with Gasteiger partial charge in [0.25, 0.3) is 11.8 Å². The quantitative estimate of drug-likeness (QED) is 0.246. The van der Waals surface area contributed by atoms with Crippen molar-refractivity contribution in [2.75, 3.05) is 18.6 Å². The van der Waals surface area contributed by atoms with Crippen molar-refractivity contribution in [1.29, 1.82) is 0 Å². The molecule has 26 heavy (non-hydrogen) atoms. The first kappa shape index (κ1) is 20.7. The second-order valence-corrected chi connectivity index (χ2v) is 7.01. The molecular formula is C13H13N5NaO5S2. The molecule has 2 atom stereocenters. The summed E-state index contributed by atoms with van der Waals surface area (Å²) < 4.78 is 0. The van der Waals surface area contributed by atoms with E-state index in [0.717, 1.165) is 16.2 Å². The number of anilines is 1. The Hall–Kier alpha value is -1.60. The van der Waals surface area contributed by atoms with Crippen LogP contribution in [0.1, 0.15) is 5.69 Å². The maximum atomic E-state index is 12.5.